The van der Waals surface area contributed by atoms with Gasteiger partial charge in [0.1, 0.15) is 0 Å². The number of nitrogens with zero attached hydrogens (tertiary/aromatic N) is 1. The van der Waals surface area contributed by atoms with E-state index in [0.717, 1.165) is 12.0 Å². The van der Waals surface area contributed by atoms with Gasteiger partial charge in [0.05, 0.1) is 0 Å². The van der Waals surface area contributed by atoms with Crippen LogP contribution in [0.4, 0.5) is 5.69 Å². The van der Waals surface area contributed by atoms with Crippen molar-refractivity contribution in [1.82, 2.24) is 5.32 Å². The van der Waals surface area contributed by atoms with Crippen molar-refractivity contribution in [2.45, 2.75) is 32.7 Å². The van der Waals surface area contributed by atoms with Crippen LogP contribution in [0.15, 0.2) is 24.3 Å². The summed E-state index contributed by atoms with van der Waals surface area (Å²) in [5.74, 6) is 0. The number of hydrogen-bond donors (Lipinski definition) is 1. The second-order valence-corrected chi connectivity index (χ2v) is 5.73. The molecule has 0 amide bonds. The van der Waals surface area contributed by atoms with E-state index < -0.39 is 0 Å². The predicted molar refractivity (Wildman–Crippen MR) is 72.4 cm³/mol. The SMILES string of the molecule is CCNC(C)c1ccc(N2CC3(CC3)C2)cc1. The first-order chi connectivity index (χ1) is 8.22. The van der Waals surface area contributed by atoms with Crippen LogP contribution in [-0.4, -0.2) is 19.6 Å². The van der Waals surface area contributed by atoms with Gasteiger partial charge < -0.3 is 10.2 Å². The smallest absolute Gasteiger partial charge is 0.0366 e. The molecular weight excluding hydrogens is 208 g/mol. The molecule has 2 fully saturated rings. The largest absolute Gasteiger partial charge is 0.370 e. The van der Waals surface area contributed by atoms with Crippen LogP contribution in [0, 0.1) is 5.41 Å². The Morgan fingerprint density at radius 3 is 2.41 bits per heavy atom. The quantitative estimate of drug-likeness (QED) is 0.855. The molecule has 1 aromatic rings. The van der Waals surface area contributed by atoms with E-state index in [1.807, 2.05) is 0 Å². The van der Waals surface area contributed by atoms with E-state index >= 15 is 0 Å². The summed E-state index contributed by atoms with van der Waals surface area (Å²) < 4.78 is 0. The maximum absolute atomic E-state index is 3.45. The lowest BCUT2D eigenvalue weighted by Crippen LogP contribution is -2.48. The molecule has 1 saturated carbocycles. The van der Waals surface area contributed by atoms with Crippen LogP contribution < -0.4 is 10.2 Å². The molecule has 1 aliphatic carbocycles. The second kappa shape index (κ2) is 4.02. The van der Waals surface area contributed by atoms with Gasteiger partial charge in [-0.3, -0.25) is 0 Å². The zero-order chi connectivity index (χ0) is 11.9. The molecule has 1 unspecified atom stereocenters. The zero-order valence-corrected chi connectivity index (χ0v) is 10.9. The minimum Gasteiger partial charge on any atom is -0.370 e. The molecule has 1 aliphatic heterocycles. The summed E-state index contributed by atoms with van der Waals surface area (Å²) >= 11 is 0. The van der Waals surface area contributed by atoms with Crippen molar-refractivity contribution in [3.05, 3.63) is 29.8 Å². The van der Waals surface area contributed by atoms with E-state index in [1.165, 1.54) is 37.2 Å². The molecule has 92 valence electrons. The minimum absolute atomic E-state index is 0.459. The van der Waals surface area contributed by atoms with Gasteiger partial charge in [0.25, 0.3) is 0 Å². The van der Waals surface area contributed by atoms with Crippen molar-refractivity contribution < 1.29 is 0 Å². The summed E-state index contributed by atoms with van der Waals surface area (Å²) in [5, 5.41) is 3.45. The molecule has 1 saturated heterocycles. The Labute approximate surface area is 104 Å². The molecule has 17 heavy (non-hydrogen) atoms. The molecule has 0 aromatic heterocycles. The molecule has 2 heteroatoms. The van der Waals surface area contributed by atoms with Crippen molar-refractivity contribution in [3.63, 3.8) is 0 Å². The topological polar surface area (TPSA) is 15.3 Å². The third-order valence-electron chi connectivity index (χ3n) is 4.28. The molecule has 1 spiro atoms. The highest BCUT2D eigenvalue weighted by molar-refractivity contribution is 5.52. The van der Waals surface area contributed by atoms with Gasteiger partial charge >= 0.3 is 0 Å². The first-order valence-corrected chi connectivity index (χ1v) is 6.81. The minimum atomic E-state index is 0.459. The van der Waals surface area contributed by atoms with Crippen LogP contribution in [0.2, 0.25) is 0 Å². The first-order valence-electron chi connectivity index (χ1n) is 6.81. The average molecular weight is 230 g/mol. The molecule has 1 atom stereocenters. The predicted octanol–water partition coefficient (Wildman–Crippen LogP) is 2.96. The summed E-state index contributed by atoms with van der Waals surface area (Å²) in [6.07, 6.45) is 2.91. The van der Waals surface area contributed by atoms with Gasteiger partial charge in [0.15, 0.2) is 0 Å². The molecule has 2 nitrogen and oxygen atoms in total. The van der Waals surface area contributed by atoms with Crippen LogP contribution in [0.1, 0.15) is 38.3 Å². The van der Waals surface area contributed by atoms with Gasteiger partial charge in [-0.1, -0.05) is 19.1 Å². The monoisotopic (exact) mass is 230 g/mol. The van der Waals surface area contributed by atoms with E-state index in [4.69, 9.17) is 0 Å². The van der Waals surface area contributed by atoms with E-state index in [-0.39, 0.29) is 0 Å². The van der Waals surface area contributed by atoms with Gasteiger partial charge in [0, 0.05) is 30.2 Å². The number of anilines is 1. The zero-order valence-electron chi connectivity index (χ0n) is 10.9. The highest BCUT2D eigenvalue weighted by atomic mass is 15.2. The maximum atomic E-state index is 3.45. The maximum Gasteiger partial charge on any atom is 0.0366 e. The number of benzene rings is 1. The second-order valence-electron chi connectivity index (χ2n) is 5.73. The molecular formula is C15H22N2. The summed E-state index contributed by atoms with van der Waals surface area (Å²) in [5.41, 5.74) is 3.53. The highest BCUT2D eigenvalue weighted by Crippen LogP contribution is 2.53. The van der Waals surface area contributed by atoms with E-state index in [9.17, 15) is 0 Å². The Morgan fingerprint density at radius 2 is 1.88 bits per heavy atom. The Morgan fingerprint density at radius 1 is 1.24 bits per heavy atom. The van der Waals surface area contributed by atoms with E-state index in [2.05, 4.69) is 48.3 Å². The molecule has 2 aliphatic rings. The van der Waals surface area contributed by atoms with Gasteiger partial charge in [-0.15, -0.1) is 0 Å². The molecule has 1 aromatic carbocycles. The fourth-order valence-corrected chi connectivity index (χ4v) is 2.84. The van der Waals surface area contributed by atoms with Crippen molar-refractivity contribution in [2.24, 2.45) is 5.41 Å². The lowest BCUT2D eigenvalue weighted by Gasteiger charge is -2.42. The Balaban J connectivity index is 1.63. The lowest BCUT2D eigenvalue weighted by molar-refractivity contribution is 0.387. The number of rotatable bonds is 4. The molecule has 1 N–H and O–H groups in total. The van der Waals surface area contributed by atoms with Crippen molar-refractivity contribution in [3.8, 4) is 0 Å². The van der Waals surface area contributed by atoms with Crippen molar-refractivity contribution >= 4 is 5.69 Å². The van der Waals surface area contributed by atoms with Crippen LogP contribution in [0.5, 0.6) is 0 Å². The fraction of sp³-hybridized carbons (Fsp3) is 0.600. The van der Waals surface area contributed by atoms with E-state index in [0.29, 0.717) is 6.04 Å². The van der Waals surface area contributed by atoms with Crippen LogP contribution >= 0.6 is 0 Å². The third kappa shape index (κ3) is 2.06. The standard InChI is InChI=1S/C15H22N2/c1-3-16-12(2)13-4-6-14(7-5-13)17-10-15(11-17)8-9-15/h4-7,12,16H,3,8-11H2,1-2H3. The van der Waals surface area contributed by atoms with Crippen LogP contribution in [-0.2, 0) is 0 Å². The van der Waals surface area contributed by atoms with E-state index in [1.54, 1.807) is 0 Å². The van der Waals surface area contributed by atoms with Crippen molar-refractivity contribution in [1.29, 1.82) is 0 Å². The summed E-state index contributed by atoms with van der Waals surface area (Å²) in [6, 6.07) is 9.54. The average Bonchev–Trinajstić information content (AvgIpc) is 3.08. The van der Waals surface area contributed by atoms with Gasteiger partial charge in [-0.25, -0.2) is 0 Å². The van der Waals surface area contributed by atoms with Gasteiger partial charge in [-0.05, 0) is 44.0 Å². The molecule has 1 heterocycles. The fourth-order valence-electron chi connectivity index (χ4n) is 2.84. The normalized spacial score (nSPS) is 22.4. The molecule has 3 rings (SSSR count). The number of nitrogens with one attached hydrogen (secondary N) is 1. The lowest BCUT2D eigenvalue weighted by atomic mass is 9.95. The highest BCUT2D eigenvalue weighted by Gasteiger charge is 2.52. The summed E-state index contributed by atoms with van der Waals surface area (Å²) in [4.78, 5) is 2.51. The molecule has 0 bridgehead atoms. The Kier molecular flexibility index (Phi) is 2.62. The first kappa shape index (κ1) is 11.1. The van der Waals surface area contributed by atoms with Crippen molar-refractivity contribution in [2.75, 3.05) is 24.5 Å². The van der Waals surface area contributed by atoms with Crippen LogP contribution in [0.25, 0.3) is 0 Å². The van der Waals surface area contributed by atoms with Crippen LogP contribution in [0.3, 0.4) is 0 Å². The number of hydrogen-bond acceptors (Lipinski definition) is 2. The third-order valence-corrected chi connectivity index (χ3v) is 4.28. The summed E-state index contributed by atoms with van der Waals surface area (Å²) in [7, 11) is 0. The van der Waals surface area contributed by atoms with Gasteiger partial charge in [0.2, 0.25) is 0 Å². The van der Waals surface area contributed by atoms with Gasteiger partial charge in [-0.2, -0.15) is 0 Å². The molecule has 0 radical (unpaired) electrons. The Bertz CT molecular complexity index is 384. The Hall–Kier alpha value is -1.02. The summed E-state index contributed by atoms with van der Waals surface area (Å²) in [6.45, 7) is 7.98.